The Morgan fingerprint density at radius 2 is 1.73 bits per heavy atom. The molecular formula is C23H27Cl2FN2O2. The lowest BCUT2D eigenvalue weighted by Gasteiger charge is -2.33. The molecule has 7 heteroatoms. The number of rotatable bonds is 7. The summed E-state index contributed by atoms with van der Waals surface area (Å²) in [6, 6.07) is 10.2. The number of halogens is 3. The van der Waals surface area contributed by atoms with Crippen molar-refractivity contribution in [3.63, 3.8) is 0 Å². The maximum atomic E-state index is 13.3. The summed E-state index contributed by atoms with van der Waals surface area (Å²) in [5, 5.41) is 3.82. The van der Waals surface area contributed by atoms with Gasteiger partial charge >= 0.3 is 0 Å². The first-order chi connectivity index (χ1) is 14.0. The van der Waals surface area contributed by atoms with Crippen LogP contribution in [0.3, 0.4) is 0 Å². The molecule has 0 saturated heterocycles. The van der Waals surface area contributed by atoms with E-state index in [2.05, 4.69) is 5.32 Å². The molecule has 2 aromatic carbocycles. The summed E-state index contributed by atoms with van der Waals surface area (Å²) in [4.78, 5) is 27.7. The highest BCUT2D eigenvalue weighted by molar-refractivity contribution is 6.35. The van der Waals surface area contributed by atoms with Gasteiger partial charge in [0.05, 0.1) is 6.42 Å². The lowest BCUT2D eigenvalue weighted by molar-refractivity contribution is -0.141. The number of hydrogen-bond donors (Lipinski definition) is 1. The van der Waals surface area contributed by atoms with Gasteiger partial charge in [0.15, 0.2) is 0 Å². The Kier molecular flexibility index (Phi) is 8.27. The van der Waals surface area contributed by atoms with Crippen LogP contribution in [-0.2, 0) is 22.6 Å². The van der Waals surface area contributed by atoms with Gasteiger partial charge in [0.25, 0.3) is 0 Å². The summed E-state index contributed by atoms with van der Waals surface area (Å²) >= 11 is 12.2. The second kappa shape index (κ2) is 10.3. The Morgan fingerprint density at radius 1 is 1.10 bits per heavy atom. The maximum Gasteiger partial charge on any atom is 0.243 e. The van der Waals surface area contributed by atoms with Crippen molar-refractivity contribution in [3.05, 3.63) is 69.5 Å². The van der Waals surface area contributed by atoms with Crippen molar-refractivity contribution in [1.29, 1.82) is 0 Å². The summed E-state index contributed by atoms with van der Waals surface area (Å²) in [6.07, 6.45) is 0.458. The second-order valence-corrected chi connectivity index (χ2v) is 9.07. The van der Waals surface area contributed by atoms with Crippen molar-refractivity contribution in [3.8, 4) is 0 Å². The molecule has 0 aliphatic carbocycles. The molecule has 0 unspecified atom stereocenters. The average Bonchev–Trinajstić information content (AvgIpc) is 2.64. The van der Waals surface area contributed by atoms with Crippen molar-refractivity contribution >= 4 is 35.0 Å². The molecule has 1 atom stereocenters. The molecule has 162 valence electrons. The fourth-order valence-electron chi connectivity index (χ4n) is 3.09. The van der Waals surface area contributed by atoms with Crippen molar-refractivity contribution in [2.24, 2.45) is 0 Å². The van der Waals surface area contributed by atoms with Crippen LogP contribution in [0.15, 0.2) is 42.5 Å². The molecule has 0 aliphatic rings. The topological polar surface area (TPSA) is 49.4 Å². The molecule has 1 N–H and O–H groups in total. The number of amides is 2. The van der Waals surface area contributed by atoms with Crippen LogP contribution in [-0.4, -0.2) is 28.3 Å². The predicted molar refractivity (Wildman–Crippen MR) is 119 cm³/mol. The number of nitrogens with one attached hydrogen (secondary N) is 1. The Balaban J connectivity index is 2.33. The van der Waals surface area contributed by atoms with Gasteiger partial charge < -0.3 is 10.2 Å². The zero-order valence-corrected chi connectivity index (χ0v) is 19.1. The van der Waals surface area contributed by atoms with Gasteiger partial charge in [-0.3, -0.25) is 9.59 Å². The Bertz CT molecular complexity index is 895. The molecule has 0 bridgehead atoms. The van der Waals surface area contributed by atoms with Crippen molar-refractivity contribution in [2.75, 3.05) is 0 Å². The van der Waals surface area contributed by atoms with Crippen LogP contribution in [0, 0.1) is 5.82 Å². The second-order valence-electron chi connectivity index (χ2n) is 8.22. The van der Waals surface area contributed by atoms with Crippen LogP contribution < -0.4 is 5.32 Å². The lowest BCUT2D eigenvalue weighted by Crippen LogP contribution is -2.53. The molecule has 0 spiro atoms. The lowest BCUT2D eigenvalue weighted by atomic mass is 10.0. The standard InChI is InChI=1S/C23H27Cl2FN2O2/c1-5-20(22(30)27-23(2,3)4)28(14-15-6-10-18(26)11-7-15)21(29)12-16-8-9-17(24)13-19(16)25/h6-11,13,20H,5,12,14H2,1-4H3,(H,27,30)/t20-/m1/s1. The van der Waals surface area contributed by atoms with E-state index < -0.39 is 11.6 Å². The van der Waals surface area contributed by atoms with Gasteiger partial charge in [0, 0.05) is 22.1 Å². The van der Waals surface area contributed by atoms with Crippen LogP contribution in [0.2, 0.25) is 10.0 Å². The molecule has 0 saturated carbocycles. The van der Waals surface area contributed by atoms with Gasteiger partial charge in [-0.1, -0.05) is 48.3 Å². The molecule has 0 heterocycles. The van der Waals surface area contributed by atoms with Gasteiger partial charge in [-0.15, -0.1) is 0 Å². The molecule has 2 amide bonds. The zero-order valence-electron chi connectivity index (χ0n) is 17.6. The smallest absolute Gasteiger partial charge is 0.243 e. The van der Waals surface area contributed by atoms with Crippen molar-refractivity contribution in [1.82, 2.24) is 10.2 Å². The van der Waals surface area contributed by atoms with Crippen LogP contribution in [0.25, 0.3) is 0 Å². The van der Waals surface area contributed by atoms with Crippen molar-refractivity contribution < 1.29 is 14.0 Å². The maximum absolute atomic E-state index is 13.3. The minimum absolute atomic E-state index is 0.0243. The molecule has 0 aromatic heterocycles. The van der Waals surface area contributed by atoms with Crippen molar-refractivity contribution in [2.45, 2.75) is 58.7 Å². The minimum atomic E-state index is -0.673. The van der Waals surface area contributed by atoms with Gasteiger partial charge in [0.2, 0.25) is 11.8 Å². The molecule has 30 heavy (non-hydrogen) atoms. The normalized spacial score (nSPS) is 12.4. The number of nitrogens with zero attached hydrogens (tertiary/aromatic N) is 1. The fraction of sp³-hybridized carbons (Fsp3) is 0.391. The molecule has 2 aromatic rings. The highest BCUT2D eigenvalue weighted by Gasteiger charge is 2.30. The molecule has 0 aliphatic heterocycles. The van der Waals surface area contributed by atoms with Gasteiger partial charge in [0.1, 0.15) is 11.9 Å². The van der Waals surface area contributed by atoms with E-state index in [1.54, 1.807) is 30.3 Å². The highest BCUT2D eigenvalue weighted by Crippen LogP contribution is 2.23. The molecular weight excluding hydrogens is 426 g/mol. The predicted octanol–water partition coefficient (Wildman–Crippen LogP) is 5.40. The van der Waals surface area contributed by atoms with E-state index >= 15 is 0 Å². The van der Waals surface area contributed by atoms with Crippen LogP contribution in [0.5, 0.6) is 0 Å². The number of hydrogen-bond acceptors (Lipinski definition) is 2. The fourth-order valence-corrected chi connectivity index (χ4v) is 3.56. The first-order valence-corrected chi connectivity index (χ1v) is 10.6. The monoisotopic (exact) mass is 452 g/mol. The number of carbonyl (C=O) groups excluding carboxylic acids is 2. The third-order valence-corrected chi connectivity index (χ3v) is 5.09. The third-order valence-electron chi connectivity index (χ3n) is 4.51. The Hall–Kier alpha value is -2.11. The van der Waals surface area contributed by atoms with Gasteiger partial charge in [-0.2, -0.15) is 0 Å². The number of carbonyl (C=O) groups is 2. The molecule has 2 rings (SSSR count). The van der Waals surface area contributed by atoms with Crippen LogP contribution in [0.4, 0.5) is 4.39 Å². The minimum Gasteiger partial charge on any atom is -0.350 e. The van der Waals surface area contributed by atoms with E-state index in [0.29, 0.717) is 22.0 Å². The van der Waals surface area contributed by atoms with Gasteiger partial charge in [-0.25, -0.2) is 4.39 Å². The van der Waals surface area contributed by atoms with Crippen LogP contribution in [0.1, 0.15) is 45.2 Å². The summed E-state index contributed by atoms with van der Waals surface area (Å²) in [6.45, 7) is 7.69. The highest BCUT2D eigenvalue weighted by atomic mass is 35.5. The first-order valence-electron chi connectivity index (χ1n) is 9.80. The van der Waals surface area contributed by atoms with E-state index in [0.717, 1.165) is 5.56 Å². The Morgan fingerprint density at radius 3 is 2.27 bits per heavy atom. The molecule has 0 radical (unpaired) electrons. The zero-order chi connectivity index (χ0) is 22.5. The third kappa shape index (κ3) is 6.99. The Labute approximate surface area is 187 Å². The van der Waals surface area contributed by atoms with Crippen LogP contribution >= 0.6 is 23.2 Å². The SMILES string of the molecule is CC[C@H](C(=O)NC(C)(C)C)N(Cc1ccc(F)cc1)C(=O)Cc1ccc(Cl)cc1Cl. The van der Waals surface area contributed by atoms with E-state index in [-0.39, 0.29) is 30.6 Å². The first kappa shape index (κ1) is 24.2. The largest absolute Gasteiger partial charge is 0.350 e. The van der Waals surface area contributed by atoms with E-state index in [9.17, 15) is 14.0 Å². The van der Waals surface area contributed by atoms with Gasteiger partial charge in [-0.05, 0) is 62.6 Å². The summed E-state index contributed by atoms with van der Waals surface area (Å²) < 4.78 is 13.3. The van der Waals surface area contributed by atoms with E-state index in [1.165, 1.54) is 17.0 Å². The molecule has 0 fully saturated rings. The quantitative estimate of drug-likeness (QED) is 0.611. The summed E-state index contributed by atoms with van der Waals surface area (Å²) in [5.41, 5.74) is 0.921. The summed E-state index contributed by atoms with van der Waals surface area (Å²) in [7, 11) is 0. The molecule has 4 nitrogen and oxygen atoms in total. The number of benzene rings is 2. The average molecular weight is 453 g/mol. The van der Waals surface area contributed by atoms with E-state index in [1.807, 2.05) is 27.7 Å². The summed E-state index contributed by atoms with van der Waals surface area (Å²) in [5.74, 6) is -0.843. The van der Waals surface area contributed by atoms with E-state index in [4.69, 9.17) is 23.2 Å².